The van der Waals surface area contributed by atoms with Crippen LogP contribution in [0.3, 0.4) is 0 Å². The third-order valence-electron chi connectivity index (χ3n) is 2.73. The minimum atomic E-state index is 0.0718. The summed E-state index contributed by atoms with van der Waals surface area (Å²) in [6.45, 7) is 0. The number of ketones is 1. The average molecular weight is 260 g/mol. The predicted octanol–water partition coefficient (Wildman–Crippen LogP) is 3.94. The zero-order chi connectivity index (χ0) is 12.8. The van der Waals surface area contributed by atoms with E-state index in [9.17, 15) is 4.79 Å². The molecule has 0 unspecified atom stereocenters. The van der Waals surface area contributed by atoms with Gasteiger partial charge in [-0.25, -0.2) is 0 Å². The lowest BCUT2D eigenvalue weighted by molar-refractivity contribution is 0.0975. The van der Waals surface area contributed by atoms with Gasteiger partial charge in [-0.2, -0.15) is 0 Å². The van der Waals surface area contributed by atoms with E-state index in [-0.39, 0.29) is 5.78 Å². The Balaban J connectivity index is 1.84. The Morgan fingerprint density at radius 1 is 1.11 bits per heavy atom. The quantitative estimate of drug-likeness (QED) is 0.762. The van der Waals surface area contributed by atoms with Crippen molar-refractivity contribution in [2.75, 3.05) is 0 Å². The summed E-state index contributed by atoms with van der Waals surface area (Å²) in [7, 11) is 0. The summed E-state index contributed by atoms with van der Waals surface area (Å²) in [4.78, 5) is 15.9. The van der Waals surface area contributed by atoms with Crippen LogP contribution in [0.5, 0.6) is 0 Å². The molecular formula is C15H14ClNO. The number of benzene rings is 1. The minimum absolute atomic E-state index is 0.0718. The lowest BCUT2D eigenvalue weighted by Gasteiger charge is -2.01. The third kappa shape index (κ3) is 3.67. The number of pyridine rings is 1. The van der Waals surface area contributed by atoms with E-state index in [1.54, 1.807) is 12.1 Å². The standard InChI is InChI=1S/C15H14ClNO/c16-13-9-10-14(17-11-13)15(18)8-4-7-12-5-2-1-3-6-12/h1-3,5-6,9-11H,4,7-8H2. The molecule has 1 aromatic carbocycles. The smallest absolute Gasteiger partial charge is 0.181 e. The summed E-state index contributed by atoms with van der Waals surface area (Å²) in [5.74, 6) is 0.0718. The van der Waals surface area contributed by atoms with Gasteiger partial charge in [-0.05, 0) is 30.5 Å². The van der Waals surface area contributed by atoms with E-state index in [0.717, 1.165) is 12.8 Å². The lowest BCUT2D eigenvalue weighted by atomic mass is 10.1. The normalized spacial score (nSPS) is 10.3. The molecule has 0 N–H and O–H groups in total. The van der Waals surface area contributed by atoms with Crippen LogP contribution in [0.2, 0.25) is 5.02 Å². The van der Waals surface area contributed by atoms with Crippen molar-refractivity contribution in [3.63, 3.8) is 0 Å². The van der Waals surface area contributed by atoms with E-state index >= 15 is 0 Å². The predicted molar refractivity (Wildman–Crippen MR) is 73.0 cm³/mol. The first-order valence-electron chi connectivity index (χ1n) is 5.94. The van der Waals surface area contributed by atoms with Crippen LogP contribution in [0, 0.1) is 0 Å². The first-order chi connectivity index (χ1) is 8.75. The lowest BCUT2D eigenvalue weighted by Crippen LogP contribution is -2.02. The molecule has 0 aliphatic heterocycles. The largest absolute Gasteiger partial charge is 0.292 e. The molecule has 0 bridgehead atoms. The fraction of sp³-hybridized carbons (Fsp3) is 0.200. The molecule has 1 heterocycles. The second-order valence-electron chi connectivity index (χ2n) is 4.12. The van der Waals surface area contributed by atoms with Gasteiger partial charge in [-0.1, -0.05) is 41.9 Å². The Morgan fingerprint density at radius 3 is 2.56 bits per heavy atom. The summed E-state index contributed by atoms with van der Waals surface area (Å²) in [6, 6.07) is 13.5. The first kappa shape index (κ1) is 12.8. The van der Waals surface area contributed by atoms with Gasteiger partial charge >= 0.3 is 0 Å². The van der Waals surface area contributed by atoms with E-state index in [1.807, 2.05) is 18.2 Å². The number of Topliss-reactive ketones (excluding diaryl/α,β-unsaturated/α-hetero) is 1. The molecule has 0 saturated heterocycles. The fourth-order valence-electron chi connectivity index (χ4n) is 1.77. The highest BCUT2D eigenvalue weighted by Gasteiger charge is 2.06. The van der Waals surface area contributed by atoms with Crippen LogP contribution < -0.4 is 0 Å². The average Bonchev–Trinajstić information content (AvgIpc) is 2.40. The Bertz CT molecular complexity index is 508. The summed E-state index contributed by atoms with van der Waals surface area (Å²) < 4.78 is 0. The van der Waals surface area contributed by atoms with Crippen molar-refractivity contribution in [3.05, 3.63) is 64.9 Å². The van der Waals surface area contributed by atoms with Crippen molar-refractivity contribution in [1.82, 2.24) is 4.98 Å². The molecule has 2 rings (SSSR count). The molecular weight excluding hydrogens is 246 g/mol. The minimum Gasteiger partial charge on any atom is -0.292 e. The van der Waals surface area contributed by atoms with E-state index < -0.39 is 0 Å². The number of carbonyl (C=O) groups is 1. The van der Waals surface area contributed by atoms with Crippen LogP contribution in [0.1, 0.15) is 28.9 Å². The van der Waals surface area contributed by atoms with Crippen molar-refractivity contribution >= 4 is 17.4 Å². The summed E-state index contributed by atoms with van der Waals surface area (Å²) in [6.07, 6.45) is 3.78. The molecule has 0 spiro atoms. The molecule has 0 amide bonds. The van der Waals surface area contributed by atoms with Crippen LogP contribution in [0.4, 0.5) is 0 Å². The van der Waals surface area contributed by atoms with E-state index in [2.05, 4.69) is 17.1 Å². The maximum atomic E-state index is 11.8. The number of aromatic nitrogens is 1. The molecule has 3 heteroatoms. The second kappa shape index (κ2) is 6.31. The number of aryl methyl sites for hydroxylation is 1. The van der Waals surface area contributed by atoms with Gasteiger partial charge in [0.25, 0.3) is 0 Å². The highest BCUT2D eigenvalue weighted by molar-refractivity contribution is 6.30. The third-order valence-corrected chi connectivity index (χ3v) is 2.95. The van der Waals surface area contributed by atoms with E-state index in [1.165, 1.54) is 11.8 Å². The molecule has 0 aliphatic carbocycles. The van der Waals surface area contributed by atoms with Crippen LogP contribution in [-0.2, 0) is 6.42 Å². The zero-order valence-electron chi connectivity index (χ0n) is 9.97. The SMILES string of the molecule is O=C(CCCc1ccccc1)c1ccc(Cl)cn1. The van der Waals surface area contributed by atoms with Crippen molar-refractivity contribution in [3.8, 4) is 0 Å². The van der Waals surface area contributed by atoms with Crippen molar-refractivity contribution in [1.29, 1.82) is 0 Å². The van der Waals surface area contributed by atoms with Gasteiger partial charge in [0, 0.05) is 12.6 Å². The molecule has 0 aliphatic rings. The molecule has 0 fully saturated rings. The summed E-state index contributed by atoms with van der Waals surface area (Å²) in [5, 5.41) is 0.552. The molecule has 0 radical (unpaired) electrons. The maximum absolute atomic E-state index is 11.8. The number of hydrogen-bond donors (Lipinski definition) is 0. The van der Waals surface area contributed by atoms with Crippen molar-refractivity contribution < 1.29 is 4.79 Å². The van der Waals surface area contributed by atoms with Crippen LogP contribution in [0.25, 0.3) is 0 Å². The molecule has 18 heavy (non-hydrogen) atoms. The maximum Gasteiger partial charge on any atom is 0.181 e. The van der Waals surface area contributed by atoms with Gasteiger partial charge in [0.05, 0.1) is 5.02 Å². The fourth-order valence-corrected chi connectivity index (χ4v) is 1.88. The topological polar surface area (TPSA) is 30.0 Å². The molecule has 2 nitrogen and oxygen atoms in total. The molecule has 92 valence electrons. The molecule has 2 aromatic rings. The highest BCUT2D eigenvalue weighted by Crippen LogP contribution is 2.10. The van der Waals surface area contributed by atoms with Crippen LogP contribution >= 0.6 is 11.6 Å². The van der Waals surface area contributed by atoms with Gasteiger partial charge in [-0.3, -0.25) is 9.78 Å². The van der Waals surface area contributed by atoms with E-state index in [0.29, 0.717) is 17.1 Å². The summed E-state index contributed by atoms with van der Waals surface area (Å²) in [5.41, 5.74) is 1.75. The Morgan fingerprint density at radius 2 is 1.89 bits per heavy atom. The second-order valence-corrected chi connectivity index (χ2v) is 4.56. The summed E-state index contributed by atoms with van der Waals surface area (Å²) >= 11 is 5.73. The Kier molecular flexibility index (Phi) is 4.48. The first-order valence-corrected chi connectivity index (χ1v) is 6.32. The number of nitrogens with zero attached hydrogens (tertiary/aromatic N) is 1. The highest BCUT2D eigenvalue weighted by atomic mass is 35.5. The number of halogens is 1. The van der Waals surface area contributed by atoms with Gasteiger partial charge in [-0.15, -0.1) is 0 Å². The molecule has 0 atom stereocenters. The monoisotopic (exact) mass is 259 g/mol. The van der Waals surface area contributed by atoms with Gasteiger partial charge in [0.1, 0.15) is 5.69 Å². The molecule has 1 aromatic heterocycles. The van der Waals surface area contributed by atoms with Crippen molar-refractivity contribution in [2.45, 2.75) is 19.3 Å². The van der Waals surface area contributed by atoms with Crippen LogP contribution in [0.15, 0.2) is 48.7 Å². The van der Waals surface area contributed by atoms with Gasteiger partial charge < -0.3 is 0 Å². The van der Waals surface area contributed by atoms with Gasteiger partial charge in [0.15, 0.2) is 5.78 Å². The number of carbonyl (C=O) groups excluding carboxylic acids is 1. The Labute approximate surface area is 112 Å². The number of rotatable bonds is 5. The zero-order valence-corrected chi connectivity index (χ0v) is 10.7. The number of hydrogen-bond acceptors (Lipinski definition) is 2. The van der Waals surface area contributed by atoms with Crippen molar-refractivity contribution in [2.24, 2.45) is 0 Å². The van der Waals surface area contributed by atoms with E-state index in [4.69, 9.17) is 11.6 Å². The Hall–Kier alpha value is -1.67. The van der Waals surface area contributed by atoms with Crippen LogP contribution in [-0.4, -0.2) is 10.8 Å². The van der Waals surface area contributed by atoms with Gasteiger partial charge in [0.2, 0.25) is 0 Å². The molecule has 0 saturated carbocycles.